The number of fused-ring (bicyclic) bond motifs is 1. The smallest absolute Gasteiger partial charge is 0.375 e. The average molecular weight is 474 g/mol. The normalized spacial score (nSPS) is 16.3. The fourth-order valence-corrected chi connectivity index (χ4v) is 4.38. The summed E-state index contributed by atoms with van der Waals surface area (Å²) in [6.07, 6.45) is 2.29. The van der Waals surface area contributed by atoms with Crippen LogP contribution in [0.15, 0.2) is 33.2 Å². The number of furan rings is 1. The molecule has 1 aliphatic heterocycles. The minimum Gasteiger partial charge on any atom is -0.451 e. The Kier molecular flexibility index (Phi) is 5.84. The number of Topliss-reactive ketones (excluding diaryl/α,β-unsaturated/α-hetero) is 1. The van der Waals surface area contributed by atoms with E-state index in [-0.39, 0.29) is 24.3 Å². The molecule has 1 atom stereocenters. The number of aromatic nitrogens is 1. The van der Waals surface area contributed by atoms with Crippen LogP contribution >= 0.6 is 15.9 Å². The second-order valence-corrected chi connectivity index (χ2v) is 8.64. The van der Waals surface area contributed by atoms with Crippen molar-refractivity contribution in [3.63, 3.8) is 0 Å². The molecule has 30 heavy (non-hydrogen) atoms. The summed E-state index contributed by atoms with van der Waals surface area (Å²) < 4.78 is 19.7. The van der Waals surface area contributed by atoms with Crippen LogP contribution in [0, 0.1) is 20.8 Å². The van der Waals surface area contributed by atoms with Crippen molar-refractivity contribution < 1.29 is 23.5 Å². The Morgan fingerprint density at radius 1 is 1.23 bits per heavy atom. The van der Waals surface area contributed by atoms with Gasteiger partial charge in [-0.3, -0.25) is 4.79 Å². The molecule has 0 unspecified atom stereocenters. The van der Waals surface area contributed by atoms with Gasteiger partial charge < -0.3 is 18.5 Å². The number of ketones is 1. The van der Waals surface area contributed by atoms with Gasteiger partial charge in [0, 0.05) is 45.5 Å². The van der Waals surface area contributed by atoms with Crippen LogP contribution in [0.5, 0.6) is 0 Å². The standard InChI is InChI=1S/C23H24BrNO5/c1-13-9-19(15(3)25(13)11-17-5-4-8-28-17)20(26)12-29-23(27)22-14(2)18-10-16(24)6-7-21(18)30-22/h6-7,9-10,17H,4-5,8,11-12H2,1-3H3/t17-/m1/s1. The fraction of sp³-hybridized carbons (Fsp3) is 0.391. The van der Waals surface area contributed by atoms with Crippen molar-refractivity contribution >= 4 is 38.7 Å². The molecule has 6 nitrogen and oxygen atoms in total. The van der Waals surface area contributed by atoms with E-state index < -0.39 is 5.97 Å². The van der Waals surface area contributed by atoms with Crippen LogP contribution in [0.4, 0.5) is 0 Å². The summed E-state index contributed by atoms with van der Waals surface area (Å²) in [5, 5.41) is 0.834. The van der Waals surface area contributed by atoms with Crippen molar-refractivity contribution in [2.45, 2.75) is 46.3 Å². The molecule has 3 heterocycles. The number of hydrogen-bond donors (Lipinski definition) is 0. The van der Waals surface area contributed by atoms with E-state index in [0.717, 1.165) is 47.2 Å². The Bertz CT molecular complexity index is 1120. The molecule has 158 valence electrons. The lowest BCUT2D eigenvalue weighted by atomic mass is 10.1. The molecule has 1 fully saturated rings. The monoisotopic (exact) mass is 473 g/mol. The molecule has 0 N–H and O–H groups in total. The Morgan fingerprint density at radius 3 is 2.77 bits per heavy atom. The zero-order valence-electron chi connectivity index (χ0n) is 17.3. The number of hydrogen-bond acceptors (Lipinski definition) is 5. The maximum absolute atomic E-state index is 12.7. The Morgan fingerprint density at radius 2 is 2.03 bits per heavy atom. The van der Waals surface area contributed by atoms with E-state index in [9.17, 15) is 9.59 Å². The van der Waals surface area contributed by atoms with Crippen LogP contribution in [0.2, 0.25) is 0 Å². The predicted molar refractivity (Wildman–Crippen MR) is 116 cm³/mol. The van der Waals surface area contributed by atoms with Crippen LogP contribution in [-0.2, 0) is 16.0 Å². The molecule has 0 radical (unpaired) electrons. The van der Waals surface area contributed by atoms with Crippen LogP contribution in [0.3, 0.4) is 0 Å². The first kappa shape index (κ1) is 20.9. The second kappa shape index (κ2) is 8.40. The highest BCUT2D eigenvalue weighted by molar-refractivity contribution is 9.10. The van der Waals surface area contributed by atoms with E-state index in [2.05, 4.69) is 20.5 Å². The number of carbonyl (C=O) groups excluding carboxylic acids is 2. The van der Waals surface area contributed by atoms with Crippen molar-refractivity contribution in [3.8, 4) is 0 Å². The van der Waals surface area contributed by atoms with Crippen molar-refractivity contribution in [1.29, 1.82) is 0 Å². The van der Waals surface area contributed by atoms with Gasteiger partial charge in [-0.1, -0.05) is 15.9 Å². The third-order valence-corrected chi connectivity index (χ3v) is 6.20. The van der Waals surface area contributed by atoms with E-state index in [1.165, 1.54) is 0 Å². The molecule has 0 saturated carbocycles. The highest BCUT2D eigenvalue weighted by atomic mass is 79.9. The SMILES string of the molecule is Cc1c(C(=O)OCC(=O)c2cc(C)n(C[C@H]3CCCO3)c2C)oc2ccc(Br)cc12. The number of aryl methyl sites for hydroxylation is 2. The average Bonchev–Trinajstić information content (AvgIpc) is 3.42. The molecule has 1 saturated heterocycles. The molecule has 3 aromatic rings. The predicted octanol–water partition coefficient (Wildman–Crippen LogP) is 5.14. The number of esters is 1. The van der Waals surface area contributed by atoms with Crippen molar-refractivity contribution in [2.75, 3.05) is 13.2 Å². The summed E-state index contributed by atoms with van der Waals surface area (Å²) in [5.74, 6) is -0.743. The lowest BCUT2D eigenvalue weighted by Gasteiger charge is -2.14. The molecule has 0 bridgehead atoms. The number of halogens is 1. The number of carbonyl (C=O) groups is 2. The molecule has 1 aliphatic rings. The second-order valence-electron chi connectivity index (χ2n) is 7.73. The summed E-state index contributed by atoms with van der Waals surface area (Å²) >= 11 is 3.42. The topological polar surface area (TPSA) is 70.7 Å². The summed E-state index contributed by atoms with van der Waals surface area (Å²) in [6, 6.07) is 7.37. The van der Waals surface area contributed by atoms with Gasteiger partial charge in [0.15, 0.2) is 6.61 Å². The van der Waals surface area contributed by atoms with Gasteiger partial charge in [-0.2, -0.15) is 0 Å². The zero-order chi connectivity index (χ0) is 21.4. The quantitative estimate of drug-likeness (QED) is 0.366. The van der Waals surface area contributed by atoms with Gasteiger partial charge >= 0.3 is 5.97 Å². The van der Waals surface area contributed by atoms with E-state index in [0.29, 0.717) is 16.7 Å². The minimum atomic E-state index is -0.638. The maximum Gasteiger partial charge on any atom is 0.375 e. The molecular formula is C23H24BrNO5. The molecular weight excluding hydrogens is 450 g/mol. The number of ether oxygens (including phenoxy) is 2. The minimum absolute atomic E-state index is 0.125. The van der Waals surface area contributed by atoms with Gasteiger partial charge in [0.05, 0.1) is 6.10 Å². The first-order chi connectivity index (χ1) is 14.3. The van der Waals surface area contributed by atoms with Gasteiger partial charge in [-0.05, 0) is 57.9 Å². The summed E-state index contributed by atoms with van der Waals surface area (Å²) in [7, 11) is 0. The molecule has 4 rings (SSSR count). The van der Waals surface area contributed by atoms with Gasteiger partial charge in [0.2, 0.25) is 11.5 Å². The first-order valence-corrected chi connectivity index (χ1v) is 10.8. The van der Waals surface area contributed by atoms with E-state index >= 15 is 0 Å². The van der Waals surface area contributed by atoms with E-state index in [1.54, 1.807) is 13.0 Å². The van der Waals surface area contributed by atoms with Crippen molar-refractivity contribution in [2.24, 2.45) is 0 Å². The highest BCUT2D eigenvalue weighted by Crippen LogP contribution is 2.28. The molecule has 0 amide bonds. The molecule has 0 aliphatic carbocycles. The highest BCUT2D eigenvalue weighted by Gasteiger charge is 2.24. The van der Waals surface area contributed by atoms with Crippen LogP contribution in [0.1, 0.15) is 50.7 Å². The molecule has 2 aromatic heterocycles. The Balaban J connectivity index is 1.46. The fourth-order valence-electron chi connectivity index (χ4n) is 4.02. The third-order valence-electron chi connectivity index (χ3n) is 5.70. The third kappa shape index (κ3) is 3.96. The molecule has 0 spiro atoms. The van der Waals surface area contributed by atoms with E-state index in [4.69, 9.17) is 13.9 Å². The van der Waals surface area contributed by atoms with Crippen LogP contribution in [0.25, 0.3) is 11.0 Å². The number of nitrogens with zero attached hydrogens (tertiary/aromatic N) is 1. The summed E-state index contributed by atoms with van der Waals surface area (Å²) in [5.41, 5.74) is 3.74. The lowest BCUT2D eigenvalue weighted by molar-refractivity contribution is 0.0445. The van der Waals surface area contributed by atoms with Crippen molar-refractivity contribution in [1.82, 2.24) is 4.57 Å². The van der Waals surface area contributed by atoms with Gasteiger partial charge in [-0.15, -0.1) is 0 Å². The summed E-state index contributed by atoms with van der Waals surface area (Å²) in [4.78, 5) is 25.3. The zero-order valence-corrected chi connectivity index (χ0v) is 18.9. The molecule has 7 heteroatoms. The Hall–Kier alpha value is -2.38. The Labute approximate surface area is 183 Å². The van der Waals surface area contributed by atoms with Gasteiger partial charge in [-0.25, -0.2) is 4.79 Å². The van der Waals surface area contributed by atoms with Crippen LogP contribution < -0.4 is 0 Å². The maximum atomic E-state index is 12.7. The number of rotatable bonds is 6. The molecule has 1 aromatic carbocycles. The summed E-state index contributed by atoms with van der Waals surface area (Å²) in [6.45, 7) is 6.89. The first-order valence-electron chi connectivity index (χ1n) is 10.0. The largest absolute Gasteiger partial charge is 0.451 e. The van der Waals surface area contributed by atoms with Crippen molar-refractivity contribution in [3.05, 3.63) is 57.0 Å². The lowest BCUT2D eigenvalue weighted by Crippen LogP contribution is -2.18. The van der Waals surface area contributed by atoms with Crippen LogP contribution in [-0.4, -0.2) is 35.6 Å². The van der Waals surface area contributed by atoms with Gasteiger partial charge in [0.25, 0.3) is 0 Å². The number of benzene rings is 1. The van der Waals surface area contributed by atoms with Gasteiger partial charge in [0.1, 0.15) is 5.58 Å². The van der Waals surface area contributed by atoms with E-state index in [1.807, 2.05) is 32.0 Å².